The van der Waals surface area contributed by atoms with Gasteiger partial charge in [0.05, 0.1) is 0 Å². The smallest absolute Gasteiger partial charge is 0.312 e. The standard InChI is InChI=1S/C14H16BrFN4O2/c15-10-5-9(6-11(16)8-10)7-12-19-13(22-20-12)3-1-2-4-18-14(17)21/h5-6,8H,1-4,7H2,(H3,17,18,21). The molecule has 0 bridgehead atoms. The molecule has 0 aliphatic carbocycles. The molecule has 1 aromatic heterocycles. The predicted octanol–water partition coefficient (Wildman–Crippen LogP) is 2.55. The molecule has 0 radical (unpaired) electrons. The summed E-state index contributed by atoms with van der Waals surface area (Å²) in [5.41, 5.74) is 5.73. The fourth-order valence-corrected chi connectivity index (χ4v) is 2.48. The third-order valence-electron chi connectivity index (χ3n) is 2.91. The Morgan fingerprint density at radius 3 is 2.91 bits per heavy atom. The summed E-state index contributed by atoms with van der Waals surface area (Å²) in [6, 6.07) is 4.12. The van der Waals surface area contributed by atoms with Crippen LogP contribution in [0.2, 0.25) is 0 Å². The number of unbranched alkanes of at least 4 members (excludes halogenated alkanes) is 1. The summed E-state index contributed by atoms with van der Waals surface area (Å²) in [5, 5.41) is 6.40. The fourth-order valence-electron chi connectivity index (χ4n) is 1.97. The zero-order valence-electron chi connectivity index (χ0n) is 11.8. The SMILES string of the molecule is NC(=O)NCCCCc1nc(Cc2cc(F)cc(Br)c2)no1. The highest BCUT2D eigenvalue weighted by Crippen LogP contribution is 2.17. The molecule has 0 unspecified atom stereocenters. The van der Waals surface area contributed by atoms with E-state index in [9.17, 15) is 9.18 Å². The lowest BCUT2D eigenvalue weighted by Gasteiger charge is -1.99. The minimum atomic E-state index is -0.527. The van der Waals surface area contributed by atoms with Gasteiger partial charge in [-0.15, -0.1) is 0 Å². The highest BCUT2D eigenvalue weighted by Gasteiger charge is 2.08. The molecular formula is C14H16BrFN4O2. The number of nitrogens with two attached hydrogens (primary N) is 1. The monoisotopic (exact) mass is 370 g/mol. The first-order chi connectivity index (χ1) is 10.5. The number of hydrogen-bond acceptors (Lipinski definition) is 4. The highest BCUT2D eigenvalue weighted by atomic mass is 79.9. The number of hydrogen-bond donors (Lipinski definition) is 2. The van der Waals surface area contributed by atoms with E-state index in [0.717, 1.165) is 18.4 Å². The van der Waals surface area contributed by atoms with Crippen LogP contribution in [0.3, 0.4) is 0 Å². The number of nitrogens with zero attached hydrogens (tertiary/aromatic N) is 2. The lowest BCUT2D eigenvalue weighted by Crippen LogP contribution is -2.30. The van der Waals surface area contributed by atoms with Crippen molar-refractivity contribution in [1.29, 1.82) is 0 Å². The van der Waals surface area contributed by atoms with E-state index < -0.39 is 6.03 Å². The summed E-state index contributed by atoms with van der Waals surface area (Å²) in [6.45, 7) is 0.521. The molecule has 0 saturated heterocycles. The number of urea groups is 1. The summed E-state index contributed by atoms with van der Waals surface area (Å²) < 4.78 is 19.1. The van der Waals surface area contributed by atoms with E-state index in [1.54, 1.807) is 0 Å². The second-order valence-electron chi connectivity index (χ2n) is 4.81. The van der Waals surface area contributed by atoms with Gasteiger partial charge in [0, 0.05) is 23.9 Å². The maximum atomic E-state index is 13.3. The summed E-state index contributed by atoms with van der Waals surface area (Å²) in [5.74, 6) is 0.738. The van der Waals surface area contributed by atoms with Crippen LogP contribution in [-0.4, -0.2) is 22.7 Å². The van der Waals surface area contributed by atoms with Crippen molar-refractivity contribution in [1.82, 2.24) is 15.5 Å². The number of carbonyl (C=O) groups excluding carboxylic acids is 1. The first-order valence-electron chi connectivity index (χ1n) is 6.82. The van der Waals surface area contributed by atoms with Crippen LogP contribution in [0.15, 0.2) is 27.2 Å². The molecule has 118 valence electrons. The molecule has 1 heterocycles. The molecule has 3 N–H and O–H groups in total. The van der Waals surface area contributed by atoms with Gasteiger partial charge >= 0.3 is 6.03 Å². The van der Waals surface area contributed by atoms with Crippen LogP contribution in [0.25, 0.3) is 0 Å². The molecule has 2 rings (SSSR count). The van der Waals surface area contributed by atoms with E-state index >= 15 is 0 Å². The van der Waals surface area contributed by atoms with E-state index in [0.29, 0.717) is 35.6 Å². The van der Waals surface area contributed by atoms with Crippen molar-refractivity contribution in [3.05, 3.63) is 45.8 Å². The van der Waals surface area contributed by atoms with Crippen LogP contribution in [0.4, 0.5) is 9.18 Å². The summed E-state index contributed by atoms with van der Waals surface area (Å²) in [4.78, 5) is 14.8. The summed E-state index contributed by atoms with van der Waals surface area (Å²) >= 11 is 3.25. The molecule has 2 amide bonds. The normalized spacial score (nSPS) is 10.6. The third kappa shape index (κ3) is 5.44. The average molecular weight is 371 g/mol. The quantitative estimate of drug-likeness (QED) is 0.732. The van der Waals surface area contributed by atoms with Crippen LogP contribution in [-0.2, 0) is 12.8 Å². The topological polar surface area (TPSA) is 94.0 Å². The average Bonchev–Trinajstić information content (AvgIpc) is 2.84. The molecule has 0 fully saturated rings. The van der Waals surface area contributed by atoms with Gasteiger partial charge < -0.3 is 15.6 Å². The number of halogens is 2. The van der Waals surface area contributed by atoms with E-state index in [1.807, 2.05) is 6.07 Å². The second kappa shape index (κ2) is 7.88. The van der Waals surface area contributed by atoms with Gasteiger partial charge in [0.15, 0.2) is 5.82 Å². The van der Waals surface area contributed by atoms with Crippen LogP contribution in [0, 0.1) is 5.82 Å². The number of rotatable bonds is 7. The zero-order chi connectivity index (χ0) is 15.9. The molecule has 6 nitrogen and oxygen atoms in total. The Balaban J connectivity index is 1.82. The maximum Gasteiger partial charge on any atom is 0.312 e. The van der Waals surface area contributed by atoms with Crippen molar-refractivity contribution in [2.75, 3.05) is 6.54 Å². The Morgan fingerprint density at radius 1 is 1.36 bits per heavy atom. The van der Waals surface area contributed by atoms with E-state index in [4.69, 9.17) is 10.3 Å². The lowest BCUT2D eigenvalue weighted by molar-refractivity contribution is 0.248. The van der Waals surface area contributed by atoms with Gasteiger partial charge in [-0.25, -0.2) is 9.18 Å². The van der Waals surface area contributed by atoms with Crippen molar-refractivity contribution in [3.63, 3.8) is 0 Å². The van der Waals surface area contributed by atoms with E-state index in [-0.39, 0.29) is 5.82 Å². The Kier molecular flexibility index (Phi) is 5.88. The molecule has 0 aliphatic heterocycles. The van der Waals surface area contributed by atoms with Gasteiger partial charge in [-0.2, -0.15) is 4.98 Å². The lowest BCUT2D eigenvalue weighted by atomic mass is 10.1. The first-order valence-corrected chi connectivity index (χ1v) is 7.62. The molecule has 0 saturated carbocycles. The molecule has 2 aromatic rings. The Morgan fingerprint density at radius 2 is 2.18 bits per heavy atom. The second-order valence-corrected chi connectivity index (χ2v) is 5.72. The van der Waals surface area contributed by atoms with Crippen molar-refractivity contribution in [2.45, 2.75) is 25.7 Å². The minimum Gasteiger partial charge on any atom is -0.352 e. The Bertz CT molecular complexity index is 627. The summed E-state index contributed by atoms with van der Waals surface area (Å²) in [7, 11) is 0. The number of benzene rings is 1. The van der Waals surface area contributed by atoms with Crippen molar-refractivity contribution < 1.29 is 13.7 Å². The van der Waals surface area contributed by atoms with Crippen LogP contribution in [0.5, 0.6) is 0 Å². The third-order valence-corrected chi connectivity index (χ3v) is 3.37. The van der Waals surface area contributed by atoms with Gasteiger partial charge in [0.1, 0.15) is 5.82 Å². The van der Waals surface area contributed by atoms with Gasteiger partial charge in [0.25, 0.3) is 0 Å². The fraction of sp³-hybridized carbons (Fsp3) is 0.357. The first kappa shape index (κ1) is 16.4. The van der Waals surface area contributed by atoms with Crippen molar-refractivity contribution in [2.24, 2.45) is 5.73 Å². The van der Waals surface area contributed by atoms with Crippen LogP contribution >= 0.6 is 15.9 Å². The van der Waals surface area contributed by atoms with Gasteiger partial charge in [-0.1, -0.05) is 21.1 Å². The number of primary amides is 1. The molecule has 0 spiro atoms. The van der Waals surface area contributed by atoms with Gasteiger partial charge in [-0.05, 0) is 36.6 Å². The van der Waals surface area contributed by atoms with E-state index in [1.165, 1.54) is 12.1 Å². The maximum absolute atomic E-state index is 13.3. The van der Waals surface area contributed by atoms with Crippen molar-refractivity contribution in [3.8, 4) is 0 Å². The number of aromatic nitrogens is 2. The molecule has 0 atom stereocenters. The number of aryl methyl sites for hydroxylation is 1. The van der Waals surface area contributed by atoms with Gasteiger partial charge in [-0.3, -0.25) is 0 Å². The largest absolute Gasteiger partial charge is 0.352 e. The van der Waals surface area contributed by atoms with Crippen LogP contribution in [0.1, 0.15) is 30.1 Å². The molecule has 8 heteroatoms. The molecule has 0 aliphatic rings. The Hall–Kier alpha value is -1.96. The summed E-state index contributed by atoms with van der Waals surface area (Å²) in [6.07, 6.45) is 2.61. The number of amides is 2. The predicted molar refractivity (Wildman–Crippen MR) is 81.7 cm³/mol. The molecule has 22 heavy (non-hydrogen) atoms. The number of carbonyl (C=O) groups is 1. The highest BCUT2D eigenvalue weighted by molar-refractivity contribution is 9.10. The molecule has 1 aromatic carbocycles. The van der Waals surface area contributed by atoms with Crippen LogP contribution < -0.4 is 11.1 Å². The van der Waals surface area contributed by atoms with Gasteiger partial charge in [0.2, 0.25) is 5.89 Å². The van der Waals surface area contributed by atoms with Crippen molar-refractivity contribution >= 4 is 22.0 Å². The Labute approximate surface area is 135 Å². The van der Waals surface area contributed by atoms with E-state index in [2.05, 4.69) is 31.4 Å². The minimum absolute atomic E-state index is 0.310. The number of nitrogens with one attached hydrogen (secondary N) is 1. The molecular weight excluding hydrogens is 355 g/mol. The zero-order valence-corrected chi connectivity index (χ0v) is 13.4.